The van der Waals surface area contributed by atoms with Crippen molar-refractivity contribution in [3.05, 3.63) is 23.8 Å². The number of hydrogen-bond acceptors (Lipinski definition) is 3. The van der Waals surface area contributed by atoms with E-state index in [0.717, 1.165) is 25.1 Å². The van der Waals surface area contributed by atoms with Crippen LogP contribution in [0.1, 0.15) is 24.2 Å². The maximum absolute atomic E-state index is 11.2. The normalized spacial score (nSPS) is 6.66. The highest BCUT2D eigenvalue weighted by molar-refractivity contribution is 5.81. The monoisotopic (exact) mass is 409 g/mol. The number of carbonyl (C=O) groups excluding carboxylic acids is 1. The average molecular weight is 409 g/mol. The van der Waals surface area contributed by atoms with E-state index in [-0.39, 0.29) is 0 Å². The van der Waals surface area contributed by atoms with Crippen LogP contribution in [0.5, 0.6) is 5.75 Å². The van der Waals surface area contributed by atoms with Crippen molar-refractivity contribution in [1.29, 1.82) is 0 Å². The zero-order valence-corrected chi connectivity index (χ0v) is 17.6. The quantitative estimate of drug-likeness (QED) is 0.552. The number of ether oxygens (including phenoxy) is 1. The van der Waals surface area contributed by atoms with Gasteiger partial charge in [-0.15, -0.1) is 6.42 Å². The smallest absolute Gasteiger partial charge is 0.153 e. The molecule has 3 nitrogen and oxygen atoms in total. The van der Waals surface area contributed by atoms with E-state index in [4.69, 9.17) is 11.2 Å². The van der Waals surface area contributed by atoms with Gasteiger partial charge in [0.25, 0.3) is 0 Å². The standard InChI is InChI=1S/C29H15NO2/c1-4-7-8-9-10-11-12-13-14-15-16-17-18-19-20-21-24-32-29-25-28(30(5-2)6-3)23-22-27(29)26-31/h1,22-23,25-26H,5-6H2,2-3H3. The lowest BCUT2D eigenvalue weighted by Gasteiger charge is -2.21. The van der Waals surface area contributed by atoms with E-state index in [1.807, 2.05) is 6.07 Å². The average Bonchev–Trinajstić information content (AvgIpc) is 2.82. The van der Waals surface area contributed by atoms with Gasteiger partial charge in [0.15, 0.2) is 12.0 Å². The lowest BCUT2D eigenvalue weighted by molar-refractivity contribution is 0.112. The van der Waals surface area contributed by atoms with Crippen LogP contribution in [0.3, 0.4) is 0 Å². The minimum absolute atomic E-state index is 0.379. The highest BCUT2D eigenvalue weighted by atomic mass is 16.5. The molecule has 3 heteroatoms. The molecule has 32 heavy (non-hydrogen) atoms. The molecule has 148 valence electrons. The summed E-state index contributed by atoms with van der Waals surface area (Å²) in [4.78, 5) is 13.3. The molecule has 1 aromatic carbocycles. The van der Waals surface area contributed by atoms with Crippen LogP contribution in [0, 0.1) is 107 Å². The number of anilines is 1. The third-order valence-electron chi connectivity index (χ3n) is 3.41. The van der Waals surface area contributed by atoms with Gasteiger partial charge in [-0.3, -0.25) is 4.79 Å². The minimum Gasteiger partial charge on any atom is -0.406 e. The Morgan fingerprint density at radius 2 is 1.25 bits per heavy atom. The number of nitrogens with zero attached hydrogens (tertiary/aromatic N) is 1. The van der Waals surface area contributed by atoms with E-state index in [0.29, 0.717) is 11.3 Å². The summed E-state index contributed by atoms with van der Waals surface area (Å²) in [5, 5.41) is 0. The summed E-state index contributed by atoms with van der Waals surface area (Å²) in [5.74, 6) is 39.7. The molecule has 0 bridgehead atoms. The Morgan fingerprint density at radius 3 is 1.69 bits per heavy atom. The van der Waals surface area contributed by atoms with Crippen LogP contribution in [0.15, 0.2) is 18.2 Å². The van der Waals surface area contributed by atoms with E-state index >= 15 is 0 Å². The zero-order valence-electron chi connectivity index (χ0n) is 17.6. The van der Waals surface area contributed by atoms with Crippen molar-refractivity contribution in [2.24, 2.45) is 0 Å². The third kappa shape index (κ3) is 10.2. The van der Waals surface area contributed by atoms with Crippen LogP contribution >= 0.6 is 0 Å². The molecule has 0 aliphatic heterocycles. The molecule has 0 N–H and O–H groups in total. The number of aldehydes is 1. The molecule has 0 atom stereocenters. The van der Waals surface area contributed by atoms with Gasteiger partial charge in [0.05, 0.1) is 5.56 Å². The van der Waals surface area contributed by atoms with Crippen molar-refractivity contribution in [1.82, 2.24) is 0 Å². The van der Waals surface area contributed by atoms with Crippen LogP contribution in [0.2, 0.25) is 0 Å². The predicted molar refractivity (Wildman–Crippen MR) is 127 cm³/mol. The van der Waals surface area contributed by atoms with Crippen molar-refractivity contribution in [2.45, 2.75) is 13.8 Å². The second-order valence-electron chi connectivity index (χ2n) is 5.24. The summed E-state index contributed by atoms with van der Waals surface area (Å²) in [6.07, 6.45) is 8.11. The van der Waals surface area contributed by atoms with Gasteiger partial charge in [0.2, 0.25) is 0 Å². The van der Waals surface area contributed by atoms with E-state index in [9.17, 15) is 4.79 Å². The van der Waals surface area contributed by atoms with Crippen molar-refractivity contribution < 1.29 is 9.53 Å². The zero-order chi connectivity index (χ0) is 23.3. The molecule has 0 unspecified atom stereocenters. The molecule has 0 fully saturated rings. The Kier molecular flexibility index (Phi) is 12.7. The number of hydrogen-bond donors (Lipinski definition) is 0. The first kappa shape index (κ1) is 24.6. The van der Waals surface area contributed by atoms with Gasteiger partial charge in [0.1, 0.15) is 6.11 Å². The van der Waals surface area contributed by atoms with E-state index in [2.05, 4.69) is 120 Å². The summed E-state index contributed by atoms with van der Waals surface area (Å²) in [6, 6.07) is 5.35. The fraction of sp³-hybridized carbons (Fsp3) is 0.138. The van der Waals surface area contributed by atoms with Crippen LogP contribution < -0.4 is 9.64 Å². The van der Waals surface area contributed by atoms with Gasteiger partial charge in [-0.05, 0) is 73.3 Å². The van der Waals surface area contributed by atoms with Gasteiger partial charge in [0, 0.05) is 72.2 Å². The van der Waals surface area contributed by atoms with Crippen LogP contribution in [0.4, 0.5) is 5.69 Å². The Hall–Kier alpha value is -5.47. The Morgan fingerprint density at radius 1 is 0.781 bits per heavy atom. The van der Waals surface area contributed by atoms with Gasteiger partial charge in [-0.2, -0.15) is 0 Å². The first-order valence-electron chi connectivity index (χ1n) is 9.23. The molecule has 0 saturated heterocycles. The topological polar surface area (TPSA) is 29.5 Å². The SMILES string of the molecule is C#CC#CC#CC#CC#CC#CC#CC#CC#COc1cc(N(CC)CC)ccc1C=O. The van der Waals surface area contributed by atoms with E-state index in [1.165, 1.54) is 0 Å². The van der Waals surface area contributed by atoms with Gasteiger partial charge in [-0.25, -0.2) is 0 Å². The molecule has 0 aliphatic rings. The van der Waals surface area contributed by atoms with E-state index in [1.54, 1.807) is 12.1 Å². The van der Waals surface area contributed by atoms with Gasteiger partial charge in [-0.1, -0.05) is 0 Å². The van der Waals surface area contributed by atoms with Crippen LogP contribution in [-0.2, 0) is 0 Å². The summed E-state index contributed by atoms with van der Waals surface area (Å²) in [5.41, 5.74) is 1.36. The molecule has 0 aliphatic carbocycles. The largest absolute Gasteiger partial charge is 0.406 e. The molecule has 0 radical (unpaired) electrons. The lowest BCUT2D eigenvalue weighted by atomic mass is 10.2. The number of carbonyl (C=O) groups is 1. The number of terminal acetylenes is 1. The molecular formula is C29H15NO2. The Balaban J connectivity index is 2.67. The first-order valence-corrected chi connectivity index (χ1v) is 9.23. The molecule has 1 aromatic rings. The van der Waals surface area contributed by atoms with Crippen molar-refractivity contribution in [2.75, 3.05) is 18.0 Å². The van der Waals surface area contributed by atoms with Gasteiger partial charge >= 0.3 is 0 Å². The van der Waals surface area contributed by atoms with Crippen LogP contribution in [0.25, 0.3) is 0 Å². The van der Waals surface area contributed by atoms with Crippen LogP contribution in [-0.4, -0.2) is 19.4 Å². The number of benzene rings is 1. The molecule has 1 rings (SSSR count). The fourth-order valence-corrected chi connectivity index (χ4v) is 2.04. The van der Waals surface area contributed by atoms with Crippen molar-refractivity contribution >= 4 is 12.0 Å². The molecule has 0 aromatic heterocycles. The second kappa shape index (κ2) is 16.5. The molecule has 0 spiro atoms. The highest BCUT2D eigenvalue weighted by Crippen LogP contribution is 2.24. The van der Waals surface area contributed by atoms with Gasteiger partial charge < -0.3 is 9.64 Å². The first-order chi connectivity index (χ1) is 15.8. The molecule has 0 amide bonds. The summed E-state index contributed by atoms with van der Waals surface area (Å²) in [6.45, 7) is 5.78. The highest BCUT2D eigenvalue weighted by Gasteiger charge is 2.08. The van der Waals surface area contributed by atoms with E-state index < -0.39 is 0 Å². The second-order valence-corrected chi connectivity index (χ2v) is 5.24. The fourth-order valence-electron chi connectivity index (χ4n) is 2.04. The summed E-state index contributed by atoms with van der Waals surface area (Å²) < 4.78 is 5.37. The van der Waals surface area contributed by atoms with Crippen molar-refractivity contribution in [3.8, 4) is 113 Å². The maximum Gasteiger partial charge on any atom is 0.153 e. The third-order valence-corrected chi connectivity index (χ3v) is 3.41. The predicted octanol–water partition coefficient (Wildman–Crippen LogP) is 2.34. The molecular weight excluding hydrogens is 394 g/mol. The summed E-state index contributed by atoms with van der Waals surface area (Å²) >= 11 is 0. The molecule has 0 saturated carbocycles. The Bertz CT molecular complexity index is 1390. The Labute approximate surface area is 190 Å². The summed E-state index contributed by atoms with van der Waals surface area (Å²) in [7, 11) is 0. The lowest BCUT2D eigenvalue weighted by Crippen LogP contribution is -2.21. The maximum atomic E-state index is 11.2. The number of rotatable bonds is 5. The van der Waals surface area contributed by atoms with Crippen molar-refractivity contribution in [3.63, 3.8) is 0 Å². The minimum atomic E-state index is 0.379. The molecule has 0 heterocycles.